The molecule has 0 bridgehead atoms. The Kier molecular flexibility index (Phi) is 7.45. The van der Waals surface area contributed by atoms with Gasteiger partial charge in [0, 0.05) is 35.0 Å². The Balaban J connectivity index is 1.48. The third-order valence-corrected chi connectivity index (χ3v) is 5.38. The van der Waals surface area contributed by atoms with Gasteiger partial charge in [0.25, 0.3) is 5.91 Å². The predicted molar refractivity (Wildman–Crippen MR) is 138 cm³/mol. The molecule has 10 heteroatoms. The van der Waals surface area contributed by atoms with Crippen LogP contribution in [-0.4, -0.2) is 37.3 Å². The number of ether oxygens (including phenoxy) is 4. The highest BCUT2D eigenvalue weighted by Crippen LogP contribution is 2.37. The number of rotatable bonds is 7. The van der Waals surface area contributed by atoms with Crippen molar-refractivity contribution in [3.05, 3.63) is 78.2 Å². The van der Waals surface area contributed by atoms with Crippen molar-refractivity contribution in [2.45, 2.75) is 0 Å². The van der Waals surface area contributed by atoms with E-state index in [0.717, 1.165) is 0 Å². The van der Waals surface area contributed by atoms with Crippen LogP contribution in [-0.2, 0) is 0 Å². The largest absolute Gasteiger partial charge is 0.497 e. The van der Waals surface area contributed by atoms with Crippen molar-refractivity contribution in [3.63, 3.8) is 0 Å². The van der Waals surface area contributed by atoms with Crippen LogP contribution in [0.3, 0.4) is 0 Å². The number of aromatic nitrogens is 1. The summed E-state index contributed by atoms with van der Waals surface area (Å²) < 4.78 is 36.5. The van der Waals surface area contributed by atoms with E-state index in [9.17, 15) is 9.18 Å². The van der Waals surface area contributed by atoms with Crippen molar-refractivity contribution in [3.8, 4) is 28.7 Å². The summed E-state index contributed by atoms with van der Waals surface area (Å²) in [4.78, 5) is 16.7. The van der Waals surface area contributed by atoms with Gasteiger partial charge >= 0.3 is 0 Å². The molecule has 0 aliphatic rings. The molecule has 1 aromatic heterocycles. The van der Waals surface area contributed by atoms with Gasteiger partial charge in [-0.05, 0) is 54.7 Å². The molecular formula is C26H22FN3O5S. The number of fused-ring (bicyclic) bond motifs is 1. The fourth-order valence-electron chi connectivity index (χ4n) is 3.42. The van der Waals surface area contributed by atoms with Crippen LogP contribution in [0.25, 0.3) is 10.9 Å². The summed E-state index contributed by atoms with van der Waals surface area (Å²) in [5.41, 5.74) is 1.30. The van der Waals surface area contributed by atoms with Crippen LogP contribution in [0.15, 0.2) is 66.9 Å². The third kappa shape index (κ3) is 5.44. The maximum Gasteiger partial charge on any atom is 0.257 e. The second-order valence-corrected chi connectivity index (χ2v) is 7.83. The SMILES string of the molecule is COc1cccc(C(=O)NC(=S)Nc2ccc(Oc3ccnc4cc(OC)c(OC)cc34)c(F)c2)c1. The molecule has 8 nitrogen and oxygen atoms in total. The van der Waals surface area contributed by atoms with Crippen molar-refractivity contribution in [2.75, 3.05) is 26.6 Å². The summed E-state index contributed by atoms with van der Waals surface area (Å²) in [7, 11) is 4.57. The lowest BCUT2D eigenvalue weighted by molar-refractivity contribution is 0.0977. The van der Waals surface area contributed by atoms with Crippen LogP contribution in [0.1, 0.15) is 10.4 Å². The molecule has 0 atom stereocenters. The van der Waals surface area contributed by atoms with Crippen LogP contribution < -0.4 is 29.6 Å². The summed E-state index contributed by atoms with van der Waals surface area (Å²) in [5.74, 6) is 0.878. The van der Waals surface area contributed by atoms with E-state index in [4.69, 9.17) is 31.2 Å². The molecule has 36 heavy (non-hydrogen) atoms. The zero-order valence-electron chi connectivity index (χ0n) is 19.6. The normalized spacial score (nSPS) is 10.4. The fourth-order valence-corrected chi connectivity index (χ4v) is 3.63. The molecule has 0 aliphatic carbocycles. The highest BCUT2D eigenvalue weighted by Gasteiger charge is 2.14. The Morgan fingerprint density at radius 3 is 2.39 bits per heavy atom. The van der Waals surface area contributed by atoms with Crippen molar-refractivity contribution < 1.29 is 28.1 Å². The Morgan fingerprint density at radius 2 is 1.67 bits per heavy atom. The maximum absolute atomic E-state index is 14.9. The smallest absolute Gasteiger partial charge is 0.257 e. The Bertz CT molecular complexity index is 1450. The lowest BCUT2D eigenvalue weighted by atomic mass is 10.2. The average Bonchev–Trinajstić information content (AvgIpc) is 2.89. The molecule has 0 radical (unpaired) electrons. The Morgan fingerprint density at radius 1 is 0.889 bits per heavy atom. The van der Waals surface area contributed by atoms with Crippen LogP contribution in [0, 0.1) is 5.82 Å². The number of nitrogens with zero attached hydrogens (tertiary/aromatic N) is 1. The first kappa shape index (κ1) is 24.7. The zero-order chi connectivity index (χ0) is 25.7. The van der Waals surface area contributed by atoms with Crippen molar-refractivity contribution in [1.82, 2.24) is 10.3 Å². The molecule has 0 saturated carbocycles. The zero-order valence-corrected chi connectivity index (χ0v) is 20.4. The number of hydrogen-bond donors (Lipinski definition) is 2. The van der Waals surface area contributed by atoms with Crippen molar-refractivity contribution in [2.24, 2.45) is 0 Å². The van der Waals surface area contributed by atoms with Crippen LogP contribution in [0.4, 0.5) is 10.1 Å². The average molecular weight is 508 g/mol. The highest BCUT2D eigenvalue weighted by molar-refractivity contribution is 7.80. The predicted octanol–water partition coefficient (Wildman–Crippen LogP) is 5.32. The second kappa shape index (κ2) is 10.9. The van der Waals surface area contributed by atoms with Gasteiger partial charge in [-0.1, -0.05) is 6.07 Å². The molecule has 1 heterocycles. The number of carbonyl (C=O) groups excluding carboxylic acids is 1. The van der Waals surface area contributed by atoms with E-state index in [1.165, 1.54) is 33.5 Å². The number of amides is 1. The van der Waals surface area contributed by atoms with E-state index in [0.29, 0.717) is 45.2 Å². The minimum Gasteiger partial charge on any atom is -0.497 e. The number of nitrogens with one attached hydrogen (secondary N) is 2. The van der Waals surface area contributed by atoms with E-state index in [2.05, 4.69) is 15.6 Å². The molecule has 0 fully saturated rings. The number of carbonyl (C=O) groups is 1. The lowest BCUT2D eigenvalue weighted by Crippen LogP contribution is -2.34. The number of benzene rings is 3. The van der Waals surface area contributed by atoms with E-state index in [1.807, 2.05) is 0 Å². The third-order valence-electron chi connectivity index (χ3n) is 5.18. The molecule has 184 valence electrons. The van der Waals surface area contributed by atoms with E-state index in [1.54, 1.807) is 54.7 Å². The molecule has 4 rings (SSSR count). The van der Waals surface area contributed by atoms with Crippen LogP contribution in [0.5, 0.6) is 28.7 Å². The topological polar surface area (TPSA) is 90.9 Å². The molecule has 0 aliphatic heterocycles. The van der Waals surface area contributed by atoms with Gasteiger partial charge in [0.05, 0.1) is 26.8 Å². The van der Waals surface area contributed by atoms with Gasteiger partial charge in [0.1, 0.15) is 11.5 Å². The van der Waals surface area contributed by atoms with Gasteiger partial charge in [0.2, 0.25) is 0 Å². The maximum atomic E-state index is 14.9. The first-order chi connectivity index (χ1) is 17.4. The number of anilines is 1. The van der Waals surface area contributed by atoms with Gasteiger partial charge in [0.15, 0.2) is 28.2 Å². The quantitative estimate of drug-likeness (QED) is 0.325. The van der Waals surface area contributed by atoms with Crippen molar-refractivity contribution in [1.29, 1.82) is 0 Å². The number of methoxy groups -OCH3 is 3. The van der Waals surface area contributed by atoms with E-state index >= 15 is 0 Å². The monoisotopic (exact) mass is 507 g/mol. The number of thiocarbonyl (C=S) groups is 1. The first-order valence-corrected chi connectivity index (χ1v) is 11.1. The molecule has 1 amide bonds. The first-order valence-electron chi connectivity index (χ1n) is 10.7. The summed E-state index contributed by atoms with van der Waals surface area (Å²) in [6.45, 7) is 0. The molecule has 0 spiro atoms. The van der Waals surface area contributed by atoms with E-state index < -0.39 is 11.7 Å². The lowest BCUT2D eigenvalue weighted by Gasteiger charge is -2.14. The molecule has 4 aromatic rings. The summed E-state index contributed by atoms with van der Waals surface area (Å²) in [6, 6.07) is 15.9. The number of halogens is 1. The standard InChI is InChI=1S/C26H22FN3O5S/c1-32-17-6-4-5-15(11-17)25(31)30-26(36)29-16-7-8-22(19(27)12-16)35-21-9-10-28-20-14-24(34-3)23(33-2)13-18(20)21/h4-14H,1-3H3,(H2,29,30,31,36). The highest BCUT2D eigenvalue weighted by atomic mass is 32.1. The summed E-state index contributed by atoms with van der Waals surface area (Å²) in [5, 5.41) is 5.98. The van der Waals surface area contributed by atoms with Gasteiger partial charge < -0.3 is 24.3 Å². The second-order valence-electron chi connectivity index (χ2n) is 7.42. The van der Waals surface area contributed by atoms with Gasteiger partial charge in [-0.15, -0.1) is 0 Å². The molecule has 0 unspecified atom stereocenters. The number of hydrogen-bond acceptors (Lipinski definition) is 7. The van der Waals surface area contributed by atoms with Gasteiger partial charge in [-0.25, -0.2) is 4.39 Å². The van der Waals surface area contributed by atoms with Crippen molar-refractivity contribution >= 4 is 39.8 Å². The number of pyridine rings is 1. The van der Waals surface area contributed by atoms with Gasteiger partial charge in [-0.3, -0.25) is 15.1 Å². The molecule has 2 N–H and O–H groups in total. The molecule has 0 saturated heterocycles. The summed E-state index contributed by atoms with van der Waals surface area (Å²) >= 11 is 5.19. The Hall–Kier alpha value is -4.44. The molecule has 3 aromatic carbocycles. The van der Waals surface area contributed by atoms with Crippen LogP contribution in [0.2, 0.25) is 0 Å². The fraction of sp³-hybridized carbons (Fsp3) is 0.115. The molecular weight excluding hydrogens is 485 g/mol. The minimum atomic E-state index is -0.632. The summed E-state index contributed by atoms with van der Waals surface area (Å²) in [6.07, 6.45) is 1.56. The Labute approximate surface area is 212 Å². The van der Waals surface area contributed by atoms with E-state index in [-0.39, 0.29) is 10.9 Å². The minimum absolute atomic E-state index is 0.00540. The van der Waals surface area contributed by atoms with Crippen LogP contribution >= 0.6 is 12.2 Å². The van der Waals surface area contributed by atoms with Gasteiger partial charge in [-0.2, -0.15) is 0 Å².